The smallest absolute Gasteiger partial charge is 0.338 e. The largest absolute Gasteiger partial charge is 0.464 e. The number of hydrogen-bond acceptors (Lipinski definition) is 6. The molecular formula is C15H26N2O6. The van der Waals surface area contributed by atoms with Crippen LogP contribution in [0.15, 0.2) is 0 Å². The number of amides is 2. The molecule has 0 radical (unpaired) electrons. The fourth-order valence-electron chi connectivity index (χ4n) is 1.93. The zero-order chi connectivity index (χ0) is 17.4. The highest BCUT2D eigenvalue weighted by molar-refractivity contribution is 5.95. The average Bonchev–Trinajstić information content (AvgIpc) is 3.27. The second-order valence-corrected chi connectivity index (χ2v) is 5.72. The van der Waals surface area contributed by atoms with Crippen LogP contribution in [0.5, 0.6) is 0 Å². The zero-order valence-corrected chi connectivity index (χ0v) is 14.1. The van der Waals surface area contributed by atoms with Crippen molar-refractivity contribution in [2.45, 2.75) is 45.4 Å². The Hall–Kier alpha value is -1.67. The SMILES string of the molecule is CCOC(=O)C1OC1C(=O)NC(COC)C(=O)NCCC(C)C. The standard InChI is InChI=1S/C15H26N2O6/c1-5-22-15(20)12-11(23-12)14(19)17-10(8-21-4)13(18)16-7-6-9(2)3/h9-12H,5-8H2,1-4H3,(H,16,18)(H,17,19). The topological polar surface area (TPSA) is 106 Å². The van der Waals surface area contributed by atoms with Gasteiger partial charge in [0.05, 0.1) is 13.2 Å². The van der Waals surface area contributed by atoms with Crippen molar-refractivity contribution < 1.29 is 28.6 Å². The lowest BCUT2D eigenvalue weighted by atomic mass is 10.1. The molecule has 0 aromatic heterocycles. The monoisotopic (exact) mass is 330 g/mol. The third-order valence-corrected chi connectivity index (χ3v) is 3.26. The van der Waals surface area contributed by atoms with Gasteiger partial charge in [0.1, 0.15) is 6.04 Å². The Morgan fingerprint density at radius 1 is 1.22 bits per heavy atom. The summed E-state index contributed by atoms with van der Waals surface area (Å²) in [7, 11) is 1.44. The third-order valence-electron chi connectivity index (χ3n) is 3.26. The van der Waals surface area contributed by atoms with Crippen LogP contribution in [0.25, 0.3) is 0 Å². The van der Waals surface area contributed by atoms with E-state index in [4.69, 9.17) is 14.2 Å². The van der Waals surface area contributed by atoms with Gasteiger partial charge in [-0.3, -0.25) is 9.59 Å². The van der Waals surface area contributed by atoms with Gasteiger partial charge in [0.15, 0.2) is 12.2 Å². The Balaban J connectivity index is 2.44. The number of ether oxygens (including phenoxy) is 3. The highest BCUT2D eigenvalue weighted by atomic mass is 16.6. The van der Waals surface area contributed by atoms with Gasteiger partial charge >= 0.3 is 5.97 Å². The number of nitrogens with one attached hydrogen (secondary N) is 2. The van der Waals surface area contributed by atoms with Crippen molar-refractivity contribution in [3.05, 3.63) is 0 Å². The van der Waals surface area contributed by atoms with Crippen LogP contribution in [0.2, 0.25) is 0 Å². The minimum Gasteiger partial charge on any atom is -0.464 e. The molecule has 0 aliphatic carbocycles. The number of epoxide rings is 1. The molecule has 1 heterocycles. The van der Waals surface area contributed by atoms with E-state index in [0.29, 0.717) is 12.5 Å². The Morgan fingerprint density at radius 2 is 1.91 bits per heavy atom. The second kappa shape index (κ2) is 9.46. The van der Waals surface area contributed by atoms with Crippen LogP contribution in [0.1, 0.15) is 27.2 Å². The molecule has 132 valence electrons. The fourth-order valence-corrected chi connectivity index (χ4v) is 1.93. The molecule has 0 spiro atoms. The molecule has 1 aliphatic heterocycles. The number of rotatable bonds is 10. The first-order valence-corrected chi connectivity index (χ1v) is 7.79. The molecule has 8 nitrogen and oxygen atoms in total. The summed E-state index contributed by atoms with van der Waals surface area (Å²) in [6.45, 7) is 6.57. The second-order valence-electron chi connectivity index (χ2n) is 5.72. The van der Waals surface area contributed by atoms with Crippen molar-refractivity contribution in [2.75, 3.05) is 26.9 Å². The summed E-state index contributed by atoms with van der Waals surface area (Å²) in [4.78, 5) is 35.5. The highest BCUT2D eigenvalue weighted by Crippen LogP contribution is 2.23. The molecule has 0 saturated carbocycles. The highest BCUT2D eigenvalue weighted by Gasteiger charge is 2.52. The predicted molar refractivity (Wildman–Crippen MR) is 81.6 cm³/mol. The number of carbonyl (C=O) groups is 3. The maximum atomic E-state index is 12.1. The summed E-state index contributed by atoms with van der Waals surface area (Å²) in [5.74, 6) is -0.952. The fraction of sp³-hybridized carbons (Fsp3) is 0.800. The van der Waals surface area contributed by atoms with E-state index in [0.717, 1.165) is 6.42 Å². The first kappa shape index (κ1) is 19.4. The summed E-state index contributed by atoms with van der Waals surface area (Å²) in [5.41, 5.74) is 0. The molecule has 2 amide bonds. The van der Waals surface area contributed by atoms with Gasteiger partial charge < -0.3 is 24.8 Å². The normalized spacial score (nSPS) is 20.7. The predicted octanol–water partition coefficient (Wildman–Crippen LogP) is -0.390. The Labute approximate surface area is 136 Å². The van der Waals surface area contributed by atoms with E-state index in [1.54, 1.807) is 6.92 Å². The lowest BCUT2D eigenvalue weighted by Gasteiger charge is -2.17. The van der Waals surface area contributed by atoms with Crippen LogP contribution in [-0.2, 0) is 28.6 Å². The minimum atomic E-state index is -0.906. The van der Waals surface area contributed by atoms with Gasteiger partial charge in [0.25, 0.3) is 5.91 Å². The molecule has 0 bridgehead atoms. The van der Waals surface area contributed by atoms with Gasteiger partial charge in [-0.15, -0.1) is 0 Å². The van der Waals surface area contributed by atoms with Crippen LogP contribution < -0.4 is 10.6 Å². The van der Waals surface area contributed by atoms with Crippen molar-refractivity contribution in [1.29, 1.82) is 0 Å². The van der Waals surface area contributed by atoms with E-state index in [2.05, 4.69) is 24.5 Å². The van der Waals surface area contributed by atoms with Gasteiger partial charge in [-0.1, -0.05) is 13.8 Å². The molecule has 0 aromatic rings. The molecule has 3 atom stereocenters. The van der Waals surface area contributed by atoms with E-state index >= 15 is 0 Å². The first-order chi connectivity index (χ1) is 10.9. The molecule has 1 rings (SSSR count). The van der Waals surface area contributed by atoms with E-state index in [1.807, 2.05) is 0 Å². The van der Waals surface area contributed by atoms with Gasteiger partial charge in [0, 0.05) is 13.7 Å². The van der Waals surface area contributed by atoms with Crippen molar-refractivity contribution >= 4 is 17.8 Å². The Kier molecular flexibility index (Phi) is 7.97. The van der Waals surface area contributed by atoms with Crippen LogP contribution in [0, 0.1) is 5.92 Å². The van der Waals surface area contributed by atoms with Crippen molar-refractivity contribution in [3.8, 4) is 0 Å². The van der Waals surface area contributed by atoms with E-state index in [1.165, 1.54) is 7.11 Å². The molecule has 1 aliphatic rings. The quantitative estimate of drug-likeness (QED) is 0.417. The Bertz CT molecular complexity index is 426. The molecule has 1 saturated heterocycles. The van der Waals surface area contributed by atoms with E-state index < -0.39 is 30.1 Å². The number of methoxy groups -OCH3 is 1. The van der Waals surface area contributed by atoms with Crippen molar-refractivity contribution in [2.24, 2.45) is 5.92 Å². The van der Waals surface area contributed by atoms with Crippen LogP contribution in [0.4, 0.5) is 0 Å². The number of hydrogen-bond donors (Lipinski definition) is 2. The van der Waals surface area contributed by atoms with Crippen molar-refractivity contribution in [3.63, 3.8) is 0 Å². The first-order valence-electron chi connectivity index (χ1n) is 7.79. The molecule has 2 N–H and O–H groups in total. The van der Waals surface area contributed by atoms with Crippen molar-refractivity contribution in [1.82, 2.24) is 10.6 Å². The number of carbonyl (C=O) groups excluding carboxylic acids is 3. The summed E-state index contributed by atoms with van der Waals surface area (Å²) < 4.78 is 14.7. The Morgan fingerprint density at radius 3 is 2.48 bits per heavy atom. The minimum absolute atomic E-state index is 0.0377. The van der Waals surface area contributed by atoms with E-state index in [9.17, 15) is 14.4 Å². The molecule has 0 aromatic carbocycles. The zero-order valence-electron chi connectivity index (χ0n) is 14.1. The molecular weight excluding hydrogens is 304 g/mol. The van der Waals surface area contributed by atoms with Crippen LogP contribution in [-0.4, -0.2) is 62.9 Å². The lowest BCUT2D eigenvalue weighted by molar-refractivity contribution is -0.144. The number of esters is 1. The molecule has 1 fully saturated rings. The lowest BCUT2D eigenvalue weighted by Crippen LogP contribution is -2.51. The maximum Gasteiger partial charge on any atom is 0.338 e. The van der Waals surface area contributed by atoms with Gasteiger partial charge in [-0.2, -0.15) is 0 Å². The van der Waals surface area contributed by atoms with E-state index in [-0.39, 0.29) is 19.1 Å². The van der Waals surface area contributed by atoms with Crippen LogP contribution in [0.3, 0.4) is 0 Å². The summed E-state index contributed by atoms with van der Waals surface area (Å²) in [6, 6.07) is -0.827. The molecule has 3 unspecified atom stereocenters. The summed E-state index contributed by atoms with van der Waals surface area (Å²) in [6.07, 6.45) is -0.949. The van der Waals surface area contributed by atoms with Gasteiger partial charge in [-0.05, 0) is 19.3 Å². The maximum absolute atomic E-state index is 12.1. The van der Waals surface area contributed by atoms with Gasteiger partial charge in [0.2, 0.25) is 5.91 Å². The summed E-state index contributed by atoms with van der Waals surface area (Å²) >= 11 is 0. The molecule has 23 heavy (non-hydrogen) atoms. The molecule has 8 heteroatoms. The van der Waals surface area contributed by atoms with Crippen LogP contribution >= 0.6 is 0 Å². The summed E-state index contributed by atoms with van der Waals surface area (Å²) in [5, 5.41) is 5.29. The van der Waals surface area contributed by atoms with Gasteiger partial charge in [-0.25, -0.2) is 4.79 Å². The third kappa shape index (κ3) is 6.54. The average molecular weight is 330 g/mol.